The first-order valence-corrected chi connectivity index (χ1v) is 6.87. The number of urea groups is 1. The van der Waals surface area contributed by atoms with E-state index < -0.39 is 12.1 Å². The third-order valence-corrected chi connectivity index (χ3v) is 3.08. The van der Waals surface area contributed by atoms with E-state index in [9.17, 15) is 9.90 Å². The Balaban J connectivity index is 1.84. The number of rotatable bonds is 5. The molecule has 6 nitrogen and oxygen atoms in total. The Hall–Kier alpha value is -2.78. The molecule has 2 aromatic rings. The van der Waals surface area contributed by atoms with Gasteiger partial charge >= 0.3 is 6.03 Å². The largest absolute Gasteiger partial charge is 0.467 e. The normalized spacial score (nSPS) is 13.0. The second-order valence-corrected chi connectivity index (χ2v) is 4.96. The first-order valence-electron chi connectivity index (χ1n) is 6.87. The second-order valence-electron chi connectivity index (χ2n) is 4.96. The van der Waals surface area contributed by atoms with E-state index in [-0.39, 0.29) is 6.04 Å². The fourth-order valence-corrected chi connectivity index (χ4v) is 2.05. The van der Waals surface area contributed by atoms with Crippen molar-refractivity contribution in [2.75, 3.05) is 5.32 Å². The number of benzene rings is 1. The molecule has 2 atom stereocenters. The Morgan fingerprint density at radius 1 is 1.41 bits per heavy atom. The molecular formula is C16H17N3O3. The number of aliphatic hydroxyl groups excluding tert-OH is 1. The third-order valence-electron chi connectivity index (χ3n) is 3.08. The maximum Gasteiger partial charge on any atom is 0.319 e. The quantitative estimate of drug-likeness (QED) is 0.790. The Morgan fingerprint density at radius 2 is 2.23 bits per heavy atom. The Morgan fingerprint density at radius 3 is 2.91 bits per heavy atom. The van der Waals surface area contributed by atoms with Crippen LogP contribution in [0.15, 0.2) is 47.1 Å². The van der Waals surface area contributed by atoms with Crippen molar-refractivity contribution in [3.63, 3.8) is 0 Å². The molecule has 1 aromatic carbocycles. The van der Waals surface area contributed by atoms with Crippen molar-refractivity contribution in [3.05, 3.63) is 54.0 Å². The number of nitrogens with one attached hydrogen (secondary N) is 2. The summed E-state index contributed by atoms with van der Waals surface area (Å²) in [6, 6.07) is 11.4. The minimum atomic E-state index is -0.771. The van der Waals surface area contributed by atoms with Gasteiger partial charge in [-0.15, -0.1) is 0 Å². The van der Waals surface area contributed by atoms with E-state index in [1.807, 2.05) is 6.07 Å². The fourth-order valence-electron chi connectivity index (χ4n) is 2.05. The maximum atomic E-state index is 11.9. The zero-order chi connectivity index (χ0) is 15.9. The molecule has 0 aliphatic rings. The van der Waals surface area contributed by atoms with Crippen molar-refractivity contribution in [1.29, 1.82) is 5.26 Å². The van der Waals surface area contributed by atoms with Gasteiger partial charge in [0.25, 0.3) is 0 Å². The van der Waals surface area contributed by atoms with Gasteiger partial charge in [0.2, 0.25) is 0 Å². The molecule has 2 rings (SSSR count). The summed E-state index contributed by atoms with van der Waals surface area (Å²) < 4.78 is 5.11. The number of amides is 2. The van der Waals surface area contributed by atoms with E-state index >= 15 is 0 Å². The van der Waals surface area contributed by atoms with Gasteiger partial charge in [-0.2, -0.15) is 5.26 Å². The molecule has 0 radical (unpaired) electrons. The van der Waals surface area contributed by atoms with Crippen molar-refractivity contribution in [3.8, 4) is 6.07 Å². The summed E-state index contributed by atoms with van der Waals surface area (Å²) in [5, 5.41) is 24.1. The monoisotopic (exact) mass is 299 g/mol. The summed E-state index contributed by atoms with van der Waals surface area (Å²) in [5.41, 5.74) is 1.01. The van der Waals surface area contributed by atoms with Gasteiger partial charge in [-0.25, -0.2) is 4.79 Å². The van der Waals surface area contributed by atoms with Gasteiger partial charge < -0.3 is 20.2 Å². The van der Waals surface area contributed by atoms with Crippen LogP contribution >= 0.6 is 0 Å². The molecule has 2 unspecified atom stereocenters. The number of anilines is 1. The summed E-state index contributed by atoms with van der Waals surface area (Å²) in [5.74, 6) is 0.468. The smallest absolute Gasteiger partial charge is 0.319 e. The lowest BCUT2D eigenvalue weighted by Crippen LogP contribution is -2.37. The summed E-state index contributed by atoms with van der Waals surface area (Å²) in [6.07, 6.45) is 1.05. The molecule has 0 aliphatic heterocycles. The molecule has 0 saturated heterocycles. The van der Waals surface area contributed by atoms with Gasteiger partial charge in [0.1, 0.15) is 11.9 Å². The van der Waals surface area contributed by atoms with E-state index in [1.165, 1.54) is 6.26 Å². The standard InChI is InChI=1S/C16H17N3O3/c1-11(8-14(20)15-6-3-7-22-15)18-16(21)19-13-5-2-4-12(9-13)10-17/h2-7,9,11,14,20H,8H2,1H3,(H2,18,19,21). The van der Waals surface area contributed by atoms with Crippen LogP contribution in [-0.2, 0) is 0 Å². The minimum absolute atomic E-state index is 0.251. The summed E-state index contributed by atoms with van der Waals surface area (Å²) in [6.45, 7) is 1.79. The number of nitriles is 1. The summed E-state index contributed by atoms with van der Waals surface area (Å²) in [7, 11) is 0. The molecular weight excluding hydrogens is 282 g/mol. The lowest BCUT2D eigenvalue weighted by atomic mass is 10.1. The van der Waals surface area contributed by atoms with Crippen molar-refractivity contribution < 1.29 is 14.3 Å². The van der Waals surface area contributed by atoms with Gasteiger partial charge in [-0.1, -0.05) is 6.07 Å². The zero-order valence-corrected chi connectivity index (χ0v) is 12.1. The number of aliphatic hydroxyl groups is 1. The van der Waals surface area contributed by atoms with Crippen LogP contribution in [0.4, 0.5) is 10.5 Å². The van der Waals surface area contributed by atoms with E-state index in [0.29, 0.717) is 23.4 Å². The highest BCUT2D eigenvalue weighted by molar-refractivity contribution is 5.89. The van der Waals surface area contributed by atoms with Crippen LogP contribution in [0, 0.1) is 11.3 Å². The first kappa shape index (κ1) is 15.6. The highest BCUT2D eigenvalue weighted by atomic mass is 16.4. The van der Waals surface area contributed by atoms with Gasteiger partial charge in [0.15, 0.2) is 0 Å². The van der Waals surface area contributed by atoms with Gasteiger partial charge in [0.05, 0.1) is 17.9 Å². The van der Waals surface area contributed by atoms with E-state index in [0.717, 1.165) is 0 Å². The second kappa shape index (κ2) is 7.29. The van der Waals surface area contributed by atoms with Crippen molar-refractivity contribution in [1.82, 2.24) is 5.32 Å². The molecule has 3 N–H and O–H groups in total. The Labute approximate surface area is 128 Å². The molecule has 0 spiro atoms. The van der Waals surface area contributed by atoms with E-state index in [1.54, 1.807) is 43.3 Å². The molecule has 0 saturated carbocycles. The van der Waals surface area contributed by atoms with Crippen LogP contribution in [-0.4, -0.2) is 17.2 Å². The molecule has 114 valence electrons. The summed E-state index contributed by atoms with van der Waals surface area (Å²) >= 11 is 0. The van der Waals surface area contributed by atoms with Crippen LogP contribution < -0.4 is 10.6 Å². The average molecular weight is 299 g/mol. The van der Waals surface area contributed by atoms with Crippen molar-refractivity contribution in [2.24, 2.45) is 0 Å². The minimum Gasteiger partial charge on any atom is -0.467 e. The number of carbonyl (C=O) groups is 1. The molecule has 2 amide bonds. The third kappa shape index (κ3) is 4.36. The molecule has 1 aromatic heterocycles. The molecule has 1 heterocycles. The summed E-state index contributed by atoms with van der Waals surface area (Å²) in [4.78, 5) is 11.9. The van der Waals surface area contributed by atoms with Gasteiger partial charge in [0, 0.05) is 18.2 Å². The fraction of sp³-hybridized carbons (Fsp3) is 0.250. The highest BCUT2D eigenvalue weighted by Crippen LogP contribution is 2.18. The molecule has 0 fully saturated rings. The Bertz CT molecular complexity index is 662. The number of hydrogen-bond acceptors (Lipinski definition) is 4. The van der Waals surface area contributed by atoms with Crippen molar-refractivity contribution in [2.45, 2.75) is 25.5 Å². The van der Waals surface area contributed by atoms with Crippen molar-refractivity contribution >= 4 is 11.7 Å². The lowest BCUT2D eigenvalue weighted by molar-refractivity contribution is 0.130. The number of carbonyl (C=O) groups excluding carboxylic acids is 1. The molecule has 6 heteroatoms. The van der Waals surface area contributed by atoms with Crippen LogP contribution in [0.3, 0.4) is 0 Å². The highest BCUT2D eigenvalue weighted by Gasteiger charge is 2.16. The molecule has 0 bridgehead atoms. The van der Waals surface area contributed by atoms with Gasteiger partial charge in [-0.05, 0) is 37.3 Å². The number of nitrogens with zero attached hydrogens (tertiary/aromatic N) is 1. The predicted molar refractivity (Wildman–Crippen MR) is 81.1 cm³/mol. The van der Waals surface area contributed by atoms with Crippen LogP contribution in [0.1, 0.15) is 30.8 Å². The first-order chi connectivity index (χ1) is 10.6. The predicted octanol–water partition coefficient (Wildman–Crippen LogP) is 2.78. The molecule has 22 heavy (non-hydrogen) atoms. The average Bonchev–Trinajstić information content (AvgIpc) is 3.01. The molecule has 0 aliphatic carbocycles. The van der Waals surface area contributed by atoms with Gasteiger partial charge in [-0.3, -0.25) is 0 Å². The van der Waals surface area contributed by atoms with Crippen LogP contribution in [0.2, 0.25) is 0 Å². The number of furan rings is 1. The van der Waals surface area contributed by atoms with E-state index in [2.05, 4.69) is 10.6 Å². The van der Waals surface area contributed by atoms with Crippen LogP contribution in [0.5, 0.6) is 0 Å². The van der Waals surface area contributed by atoms with Crippen LogP contribution in [0.25, 0.3) is 0 Å². The zero-order valence-electron chi connectivity index (χ0n) is 12.1. The lowest BCUT2D eigenvalue weighted by Gasteiger charge is -2.17. The maximum absolute atomic E-state index is 11.9. The SMILES string of the molecule is CC(CC(O)c1ccco1)NC(=O)Nc1cccc(C#N)c1. The Kier molecular flexibility index (Phi) is 5.17. The van der Waals surface area contributed by atoms with E-state index in [4.69, 9.17) is 9.68 Å². The number of hydrogen-bond donors (Lipinski definition) is 3. The topological polar surface area (TPSA) is 98.3 Å².